The molecule has 0 heterocycles. The molecule has 1 aliphatic carbocycles. The lowest BCUT2D eigenvalue weighted by molar-refractivity contribution is -0.149. The summed E-state index contributed by atoms with van der Waals surface area (Å²) in [6.45, 7) is 8.11. The van der Waals surface area contributed by atoms with Gasteiger partial charge >= 0.3 is 5.97 Å². The normalized spacial score (nSPS) is 26.5. The SMILES string of the molecule is COC(=O)C1(C(C#N)c2ccccc2)C(C=C(C)C)C1(C)C. The number of hydrogen-bond donors (Lipinski definition) is 0. The predicted molar refractivity (Wildman–Crippen MR) is 85.9 cm³/mol. The zero-order valence-electron chi connectivity index (χ0n) is 13.9. The van der Waals surface area contributed by atoms with Crippen molar-refractivity contribution in [3.05, 3.63) is 47.5 Å². The number of carbonyl (C=O) groups excluding carboxylic acids is 1. The highest BCUT2D eigenvalue weighted by molar-refractivity contribution is 5.85. The van der Waals surface area contributed by atoms with Gasteiger partial charge in [0, 0.05) is 5.92 Å². The van der Waals surface area contributed by atoms with Crippen LogP contribution in [0.2, 0.25) is 0 Å². The molecular formula is C19H23NO2. The molecule has 1 fully saturated rings. The van der Waals surface area contributed by atoms with Crippen molar-refractivity contribution in [3.8, 4) is 6.07 Å². The molecule has 0 aliphatic heterocycles. The Morgan fingerprint density at radius 1 is 1.32 bits per heavy atom. The van der Waals surface area contributed by atoms with Crippen molar-refractivity contribution in [2.24, 2.45) is 16.7 Å². The lowest BCUT2D eigenvalue weighted by Gasteiger charge is -2.23. The van der Waals surface area contributed by atoms with Gasteiger partial charge < -0.3 is 4.74 Å². The number of nitrogens with zero attached hydrogens (tertiary/aromatic N) is 1. The van der Waals surface area contributed by atoms with E-state index in [0.717, 1.165) is 11.1 Å². The van der Waals surface area contributed by atoms with Gasteiger partial charge in [-0.2, -0.15) is 5.26 Å². The average Bonchev–Trinajstić information content (AvgIpc) is 2.96. The lowest BCUT2D eigenvalue weighted by Crippen LogP contribution is -2.30. The van der Waals surface area contributed by atoms with Crippen LogP contribution < -0.4 is 0 Å². The van der Waals surface area contributed by atoms with E-state index in [9.17, 15) is 10.1 Å². The molecular weight excluding hydrogens is 274 g/mol. The summed E-state index contributed by atoms with van der Waals surface area (Å²) in [6.07, 6.45) is 2.10. The third-order valence-electron chi connectivity index (χ3n) is 4.99. The van der Waals surface area contributed by atoms with Gasteiger partial charge in [-0.1, -0.05) is 55.8 Å². The van der Waals surface area contributed by atoms with E-state index in [4.69, 9.17) is 4.74 Å². The van der Waals surface area contributed by atoms with Crippen LogP contribution in [0.4, 0.5) is 0 Å². The number of hydrogen-bond acceptors (Lipinski definition) is 3. The molecule has 1 aromatic carbocycles. The van der Waals surface area contributed by atoms with Crippen LogP contribution in [-0.4, -0.2) is 13.1 Å². The van der Waals surface area contributed by atoms with E-state index in [1.54, 1.807) is 0 Å². The minimum absolute atomic E-state index is 0.00214. The second-order valence-electron chi connectivity index (χ2n) is 6.78. The van der Waals surface area contributed by atoms with Gasteiger partial charge in [-0.3, -0.25) is 4.79 Å². The second-order valence-corrected chi connectivity index (χ2v) is 6.78. The number of allylic oxidation sites excluding steroid dienone is 2. The molecule has 0 saturated heterocycles. The molecule has 0 aromatic heterocycles. The van der Waals surface area contributed by atoms with E-state index in [1.807, 2.05) is 58.0 Å². The summed E-state index contributed by atoms with van der Waals surface area (Å²) in [7, 11) is 1.40. The Bertz CT molecular complexity index is 635. The molecule has 116 valence electrons. The van der Waals surface area contributed by atoms with Crippen molar-refractivity contribution in [3.63, 3.8) is 0 Å². The summed E-state index contributed by atoms with van der Waals surface area (Å²) in [4.78, 5) is 12.7. The Kier molecular flexibility index (Phi) is 4.15. The molecule has 0 spiro atoms. The number of methoxy groups -OCH3 is 1. The Balaban J connectivity index is 2.60. The number of carbonyl (C=O) groups is 1. The molecule has 0 radical (unpaired) electrons. The lowest BCUT2D eigenvalue weighted by atomic mass is 9.78. The fourth-order valence-electron chi connectivity index (χ4n) is 3.82. The van der Waals surface area contributed by atoms with E-state index in [1.165, 1.54) is 7.11 Å². The summed E-state index contributed by atoms with van der Waals surface area (Å²) in [5, 5.41) is 9.81. The molecule has 1 aliphatic rings. The number of benzene rings is 1. The van der Waals surface area contributed by atoms with Crippen LogP contribution in [0.15, 0.2) is 42.0 Å². The second kappa shape index (κ2) is 5.61. The molecule has 3 unspecified atom stereocenters. The van der Waals surface area contributed by atoms with E-state index in [0.29, 0.717) is 0 Å². The topological polar surface area (TPSA) is 50.1 Å². The first-order chi connectivity index (χ1) is 10.3. The summed E-state index contributed by atoms with van der Waals surface area (Å²) in [5.74, 6) is -0.811. The molecule has 3 atom stereocenters. The summed E-state index contributed by atoms with van der Waals surface area (Å²) < 4.78 is 5.11. The Morgan fingerprint density at radius 2 is 1.91 bits per heavy atom. The number of rotatable bonds is 4. The summed E-state index contributed by atoms with van der Waals surface area (Å²) in [6, 6.07) is 11.9. The standard InChI is InChI=1S/C19H23NO2/c1-13(2)11-16-18(3,4)19(16,17(21)22-5)15(12-20)14-9-7-6-8-10-14/h6-11,15-16H,1-5H3. The molecule has 0 bridgehead atoms. The molecule has 3 heteroatoms. The predicted octanol–water partition coefficient (Wildman–Crippen LogP) is 4.08. The highest BCUT2D eigenvalue weighted by Gasteiger charge is 2.78. The first-order valence-electron chi connectivity index (χ1n) is 7.52. The molecule has 0 N–H and O–H groups in total. The van der Waals surface area contributed by atoms with Crippen LogP contribution in [0.25, 0.3) is 0 Å². The number of ether oxygens (including phenoxy) is 1. The molecule has 22 heavy (non-hydrogen) atoms. The maximum atomic E-state index is 12.7. The van der Waals surface area contributed by atoms with E-state index < -0.39 is 11.3 Å². The van der Waals surface area contributed by atoms with Crippen LogP contribution in [-0.2, 0) is 9.53 Å². The monoisotopic (exact) mass is 297 g/mol. The number of esters is 1. The van der Waals surface area contributed by atoms with Crippen molar-refractivity contribution in [1.82, 2.24) is 0 Å². The summed E-state index contributed by atoms with van der Waals surface area (Å²) >= 11 is 0. The van der Waals surface area contributed by atoms with Gasteiger partial charge in [0.15, 0.2) is 0 Å². The zero-order valence-corrected chi connectivity index (χ0v) is 13.9. The largest absolute Gasteiger partial charge is 0.469 e. The smallest absolute Gasteiger partial charge is 0.314 e. The fraction of sp³-hybridized carbons (Fsp3) is 0.474. The van der Waals surface area contributed by atoms with Crippen molar-refractivity contribution in [1.29, 1.82) is 5.26 Å². The number of nitriles is 1. The third-order valence-corrected chi connectivity index (χ3v) is 4.99. The van der Waals surface area contributed by atoms with Gasteiger partial charge in [-0.15, -0.1) is 0 Å². The van der Waals surface area contributed by atoms with Crippen molar-refractivity contribution >= 4 is 5.97 Å². The first kappa shape index (κ1) is 16.3. The third kappa shape index (κ3) is 2.14. The Labute approximate surface area is 132 Å². The van der Waals surface area contributed by atoms with Crippen LogP contribution in [0.5, 0.6) is 0 Å². The maximum absolute atomic E-state index is 12.7. The quantitative estimate of drug-likeness (QED) is 0.621. The van der Waals surface area contributed by atoms with Crippen LogP contribution in [0, 0.1) is 28.1 Å². The molecule has 2 rings (SSSR count). The Hall–Kier alpha value is -2.08. The van der Waals surface area contributed by atoms with Gasteiger partial charge in [0.05, 0.1) is 19.1 Å². The highest BCUT2D eigenvalue weighted by atomic mass is 16.5. The zero-order chi connectivity index (χ0) is 16.5. The fourth-order valence-corrected chi connectivity index (χ4v) is 3.82. The van der Waals surface area contributed by atoms with E-state index >= 15 is 0 Å². The van der Waals surface area contributed by atoms with Gasteiger partial charge in [-0.05, 0) is 24.8 Å². The van der Waals surface area contributed by atoms with E-state index in [-0.39, 0.29) is 17.3 Å². The molecule has 1 saturated carbocycles. The minimum Gasteiger partial charge on any atom is -0.469 e. The minimum atomic E-state index is -0.824. The maximum Gasteiger partial charge on any atom is 0.314 e. The molecule has 3 nitrogen and oxygen atoms in total. The molecule has 1 aromatic rings. The molecule has 0 amide bonds. The van der Waals surface area contributed by atoms with Crippen LogP contribution >= 0.6 is 0 Å². The van der Waals surface area contributed by atoms with Gasteiger partial charge in [0.1, 0.15) is 5.41 Å². The van der Waals surface area contributed by atoms with Crippen LogP contribution in [0.3, 0.4) is 0 Å². The van der Waals surface area contributed by atoms with Gasteiger partial charge in [0.2, 0.25) is 0 Å². The van der Waals surface area contributed by atoms with Crippen molar-refractivity contribution in [2.45, 2.75) is 33.6 Å². The average molecular weight is 297 g/mol. The first-order valence-corrected chi connectivity index (χ1v) is 7.52. The van der Waals surface area contributed by atoms with Crippen molar-refractivity contribution in [2.75, 3.05) is 7.11 Å². The van der Waals surface area contributed by atoms with E-state index in [2.05, 4.69) is 12.1 Å². The van der Waals surface area contributed by atoms with Gasteiger partial charge in [0.25, 0.3) is 0 Å². The van der Waals surface area contributed by atoms with Gasteiger partial charge in [-0.25, -0.2) is 0 Å². The Morgan fingerprint density at radius 3 is 2.36 bits per heavy atom. The van der Waals surface area contributed by atoms with Crippen LogP contribution in [0.1, 0.15) is 39.2 Å². The van der Waals surface area contributed by atoms with Crippen molar-refractivity contribution < 1.29 is 9.53 Å². The highest BCUT2D eigenvalue weighted by Crippen LogP contribution is 2.75. The summed E-state index contributed by atoms with van der Waals surface area (Å²) in [5.41, 5.74) is 0.879.